The summed E-state index contributed by atoms with van der Waals surface area (Å²) in [6.45, 7) is 0.472. The molecule has 0 radical (unpaired) electrons. The van der Waals surface area contributed by atoms with Gasteiger partial charge in [-0.15, -0.1) is 11.8 Å². The lowest BCUT2D eigenvalue weighted by atomic mass is 10.1. The molecule has 8 heteroatoms. The van der Waals surface area contributed by atoms with E-state index in [1.54, 1.807) is 11.8 Å². The van der Waals surface area contributed by atoms with Gasteiger partial charge < -0.3 is 10.3 Å². The maximum absolute atomic E-state index is 12.3. The van der Waals surface area contributed by atoms with Crippen LogP contribution in [0, 0.1) is 10.1 Å². The quantitative estimate of drug-likeness (QED) is 0.142. The molecule has 31 heavy (non-hydrogen) atoms. The number of benzene rings is 3. The Morgan fingerprint density at radius 3 is 2.45 bits per heavy atom. The molecule has 0 aliphatic rings. The van der Waals surface area contributed by atoms with Crippen LogP contribution >= 0.6 is 27.7 Å². The zero-order valence-corrected chi connectivity index (χ0v) is 18.7. The van der Waals surface area contributed by atoms with Gasteiger partial charge in [0, 0.05) is 50.3 Å². The van der Waals surface area contributed by atoms with Gasteiger partial charge in [-0.2, -0.15) is 0 Å². The van der Waals surface area contributed by atoms with Gasteiger partial charge in [-0.1, -0.05) is 46.3 Å². The molecular formula is C23H18BrN3O3S. The summed E-state index contributed by atoms with van der Waals surface area (Å²) in [5.41, 5.74) is 3.58. The molecule has 4 rings (SSSR count). The Kier molecular flexibility index (Phi) is 6.39. The lowest BCUT2D eigenvalue weighted by molar-refractivity contribution is -0.384. The van der Waals surface area contributed by atoms with E-state index in [2.05, 4.69) is 50.5 Å². The zero-order valence-electron chi connectivity index (χ0n) is 16.3. The first-order valence-corrected chi connectivity index (χ1v) is 11.3. The number of non-ortho nitro benzene ring substituents is 1. The lowest BCUT2D eigenvalue weighted by Crippen LogP contribution is -2.25. The van der Waals surface area contributed by atoms with Gasteiger partial charge in [0.05, 0.1) is 10.6 Å². The number of halogens is 1. The molecular weight excluding hydrogens is 478 g/mol. The Hall–Kier alpha value is -3.10. The number of nitro groups is 1. The smallest absolute Gasteiger partial charge is 0.269 e. The molecule has 0 aliphatic carbocycles. The van der Waals surface area contributed by atoms with Crippen molar-refractivity contribution < 1.29 is 9.72 Å². The molecule has 6 nitrogen and oxygen atoms in total. The molecule has 1 amide bonds. The minimum Gasteiger partial charge on any atom is -0.354 e. The van der Waals surface area contributed by atoms with E-state index in [0.29, 0.717) is 17.9 Å². The van der Waals surface area contributed by atoms with Gasteiger partial charge in [0.2, 0.25) is 0 Å². The van der Waals surface area contributed by atoms with Crippen molar-refractivity contribution in [3.05, 3.63) is 92.9 Å². The Morgan fingerprint density at radius 1 is 1.03 bits per heavy atom. The first kappa shape index (κ1) is 21.1. The SMILES string of the molecule is O=C(NCCSc1c(-c2ccc(Br)cc2)[nH]c2ccccc12)c1ccc([N+](=O)[O-])cc1. The second-order valence-corrected chi connectivity index (χ2v) is 8.81. The van der Waals surface area contributed by atoms with Gasteiger partial charge in [0.1, 0.15) is 0 Å². The molecule has 0 aliphatic heterocycles. The second kappa shape index (κ2) is 9.36. The molecule has 0 spiro atoms. The van der Waals surface area contributed by atoms with Crippen LogP contribution in [-0.2, 0) is 0 Å². The van der Waals surface area contributed by atoms with E-state index in [9.17, 15) is 14.9 Å². The average molecular weight is 496 g/mol. The molecule has 0 fully saturated rings. The van der Waals surface area contributed by atoms with E-state index in [4.69, 9.17) is 0 Å². The van der Waals surface area contributed by atoms with Crippen molar-refractivity contribution in [2.75, 3.05) is 12.3 Å². The van der Waals surface area contributed by atoms with Crippen molar-refractivity contribution in [1.29, 1.82) is 0 Å². The fraction of sp³-hybridized carbons (Fsp3) is 0.0870. The lowest BCUT2D eigenvalue weighted by Gasteiger charge is -2.07. The number of carbonyl (C=O) groups excluding carboxylic acids is 1. The number of thioether (sulfide) groups is 1. The Balaban J connectivity index is 1.45. The number of fused-ring (bicyclic) bond motifs is 1. The molecule has 3 aromatic carbocycles. The third-order valence-electron chi connectivity index (χ3n) is 4.77. The number of para-hydroxylation sites is 1. The summed E-state index contributed by atoms with van der Waals surface area (Å²) in [6, 6.07) is 21.9. The minimum atomic E-state index is -0.484. The number of nitro benzene ring substituents is 1. The second-order valence-electron chi connectivity index (χ2n) is 6.79. The highest BCUT2D eigenvalue weighted by molar-refractivity contribution is 9.10. The summed E-state index contributed by atoms with van der Waals surface area (Å²) in [5.74, 6) is 0.437. The van der Waals surface area contributed by atoms with Crippen LogP contribution in [0.4, 0.5) is 5.69 Å². The normalized spacial score (nSPS) is 10.9. The van der Waals surface area contributed by atoms with Crippen LogP contribution in [-0.4, -0.2) is 28.1 Å². The number of H-pyrrole nitrogens is 1. The summed E-state index contributed by atoms with van der Waals surface area (Å²) in [6.07, 6.45) is 0. The van der Waals surface area contributed by atoms with Crippen molar-refractivity contribution in [1.82, 2.24) is 10.3 Å². The number of nitrogens with zero attached hydrogens (tertiary/aromatic N) is 1. The van der Waals surface area contributed by atoms with Gasteiger partial charge in [-0.25, -0.2) is 0 Å². The average Bonchev–Trinajstić information content (AvgIpc) is 3.15. The molecule has 2 N–H and O–H groups in total. The number of aromatic amines is 1. The first-order chi connectivity index (χ1) is 15.0. The van der Waals surface area contributed by atoms with Crippen molar-refractivity contribution in [3.8, 4) is 11.3 Å². The fourth-order valence-corrected chi connectivity index (χ4v) is 4.56. The summed E-state index contributed by atoms with van der Waals surface area (Å²) < 4.78 is 1.02. The summed E-state index contributed by atoms with van der Waals surface area (Å²) in [5, 5.41) is 14.8. The number of hydrogen-bond acceptors (Lipinski definition) is 4. The predicted molar refractivity (Wildman–Crippen MR) is 128 cm³/mol. The summed E-state index contributed by atoms with van der Waals surface area (Å²) in [4.78, 5) is 27.2. The summed E-state index contributed by atoms with van der Waals surface area (Å²) in [7, 11) is 0. The monoisotopic (exact) mass is 495 g/mol. The third-order valence-corrected chi connectivity index (χ3v) is 6.42. The molecule has 156 valence electrons. The largest absolute Gasteiger partial charge is 0.354 e. The van der Waals surface area contributed by atoms with E-state index in [1.807, 2.05) is 24.3 Å². The van der Waals surface area contributed by atoms with E-state index >= 15 is 0 Å². The first-order valence-electron chi connectivity index (χ1n) is 9.55. The third kappa shape index (κ3) is 4.81. The van der Waals surface area contributed by atoms with Crippen molar-refractivity contribution in [3.63, 3.8) is 0 Å². The number of carbonyl (C=O) groups is 1. The highest BCUT2D eigenvalue weighted by Gasteiger charge is 2.14. The van der Waals surface area contributed by atoms with Crippen LogP contribution < -0.4 is 5.32 Å². The van der Waals surface area contributed by atoms with Gasteiger partial charge in [0.25, 0.3) is 11.6 Å². The minimum absolute atomic E-state index is 0.0353. The van der Waals surface area contributed by atoms with Gasteiger partial charge in [0.15, 0.2) is 0 Å². The summed E-state index contributed by atoms with van der Waals surface area (Å²) >= 11 is 5.16. The van der Waals surface area contributed by atoms with E-state index in [-0.39, 0.29) is 11.6 Å². The predicted octanol–water partition coefficient (Wildman–Crippen LogP) is 6.03. The molecule has 0 atom stereocenters. The fourth-order valence-electron chi connectivity index (χ4n) is 3.24. The Morgan fingerprint density at radius 2 is 1.74 bits per heavy atom. The van der Waals surface area contributed by atoms with Crippen molar-refractivity contribution in [2.45, 2.75) is 4.90 Å². The van der Waals surface area contributed by atoms with Crippen LogP contribution in [0.3, 0.4) is 0 Å². The number of rotatable bonds is 7. The molecule has 0 bridgehead atoms. The number of hydrogen-bond donors (Lipinski definition) is 2. The van der Waals surface area contributed by atoms with Crippen LogP contribution in [0.5, 0.6) is 0 Å². The van der Waals surface area contributed by atoms with Gasteiger partial charge in [-0.3, -0.25) is 14.9 Å². The van der Waals surface area contributed by atoms with Crippen LogP contribution in [0.15, 0.2) is 82.2 Å². The van der Waals surface area contributed by atoms with Crippen LogP contribution in [0.2, 0.25) is 0 Å². The topological polar surface area (TPSA) is 88.0 Å². The Bertz CT molecular complexity index is 1240. The zero-order chi connectivity index (χ0) is 21.8. The maximum Gasteiger partial charge on any atom is 0.269 e. The highest BCUT2D eigenvalue weighted by Crippen LogP contribution is 2.37. The van der Waals surface area contributed by atoms with Crippen molar-refractivity contribution >= 4 is 50.2 Å². The highest BCUT2D eigenvalue weighted by atomic mass is 79.9. The molecule has 4 aromatic rings. The Labute approximate surface area is 191 Å². The van der Waals surface area contributed by atoms with E-state index < -0.39 is 4.92 Å². The number of amides is 1. The van der Waals surface area contributed by atoms with Crippen LogP contribution in [0.1, 0.15) is 10.4 Å². The molecule has 0 unspecified atom stereocenters. The number of aromatic nitrogens is 1. The molecule has 1 heterocycles. The standard InChI is InChI=1S/C23H18BrN3O3S/c24-17-9-5-15(6-10-17)21-22(19-3-1-2-4-20(19)26-21)31-14-13-25-23(28)16-7-11-18(12-8-16)27(29)30/h1-12,26H,13-14H2,(H,25,28). The number of nitrogens with one attached hydrogen (secondary N) is 2. The molecule has 0 saturated heterocycles. The van der Waals surface area contributed by atoms with Crippen LogP contribution in [0.25, 0.3) is 22.2 Å². The van der Waals surface area contributed by atoms with E-state index in [1.165, 1.54) is 24.3 Å². The van der Waals surface area contributed by atoms with Gasteiger partial charge >= 0.3 is 0 Å². The van der Waals surface area contributed by atoms with Gasteiger partial charge in [-0.05, 0) is 35.9 Å². The maximum atomic E-state index is 12.3. The van der Waals surface area contributed by atoms with Crippen molar-refractivity contribution in [2.24, 2.45) is 0 Å². The molecule has 1 aromatic heterocycles. The molecule has 0 saturated carbocycles. The van der Waals surface area contributed by atoms with E-state index in [0.717, 1.165) is 31.5 Å².